The van der Waals surface area contributed by atoms with Crippen molar-refractivity contribution in [1.29, 1.82) is 0 Å². The van der Waals surface area contributed by atoms with Crippen LogP contribution in [-0.4, -0.2) is 4.98 Å². The van der Waals surface area contributed by atoms with Gasteiger partial charge in [0, 0.05) is 12.4 Å². The number of hydrogen-bond donors (Lipinski definition) is 0. The van der Waals surface area contributed by atoms with E-state index in [-0.39, 0.29) is 0 Å². The quantitative estimate of drug-likeness (QED) is 0.372. The van der Waals surface area contributed by atoms with Crippen LogP contribution in [0.3, 0.4) is 0 Å². The molecular weight excluding hydrogens is 359 g/mol. The number of pyridine rings is 1. The van der Waals surface area contributed by atoms with Crippen molar-refractivity contribution in [2.24, 2.45) is 0 Å². The second-order valence-corrected chi connectivity index (χ2v) is 6.47. The first kappa shape index (κ1) is 18.0. The molecule has 28 heavy (non-hydrogen) atoms. The van der Waals surface area contributed by atoms with E-state index in [9.17, 15) is 13.2 Å². The molecule has 0 saturated carbocycles. The molecule has 0 unspecified atom stereocenters. The van der Waals surface area contributed by atoms with Crippen molar-refractivity contribution in [3.63, 3.8) is 0 Å². The van der Waals surface area contributed by atoms with Gasteiger partial charge in [0.05, 0.1) is 5.56 Å². The molecule has 1 aromatic heterocycles. The maximum absolute atomic E-state index is 12.9. The Morgan fingerprint density at radius 3 is 1.54 bits per heavy atom. The highest BCUT2D eigenvalue weighted by Gasteiger charge is 2.30. The summed E-state index contributed by atoms with van der Waals surface area (Å²) < 4.78 is 38.8. The predicted molar refractivity (Wildman–Crippen MR) is 106 cm³/mol. The highest BCUT2D eigenvalue weighted by Crippen LogP contribution is 2.33. The van der Waals surface area contributed by atoms with E-state index in [2.05, 4.69) is 4.98 Å². The van der Waals surface area contributed by atoms with Gasteiger partial charge in [-0.1, -0.05) is 66.7 Å². The lowest BCUT2D eigenvalue weighted by Gasteiger charge is -2.10. The molecule has 0 spiro atoms. The standard InChI is InChI=1S/C24H16F3N/c25-24(26,27)23-5-1-3-21(15-23)19-10-6-17(7-11-19)18-8-12-20(13-9-18)22-4-2-14-28-16-22/h1-16H. The number of aromatic nitrogens is 1. The van der Waals surface area contributed by atoms with E-state index >= 15 is 0 Å². The highest BCUT2D eigenvalue weighted by atomic mass is 19.4. The summed E-state index contributed by atoms with van der Waals surface area (Å²) in [6, 6.07) is 25.0. The van der Waals surface area contributed by atoms with E-state index in [1.807, 2.05) is 66.9 Å². The summed E-state index contributed by atoms with van der Waals surface area (Å²) in [5.74, 6) is 0. The summed E-state index contributed by atoms with van der Waals surface area (Å²) in [7, 11) is 0. The molecule has 0 aliphatic rings. The first-order valence-electron chi connectivity index (χ1n) is 8.79. The molecule has 138 valence electrons. The van der Waals surface area contributed by atoms with Gasteiger partial charge in [0.1, 0.15) is 0 Å². The van der Waals surface area contributed by atoms with Gasteiger partial charge >= 0.3 is 6.18 Å². The van der Waals surface area contributed by atoms with Crippen LogP contribution in [0, 0.1) is 0 Å². The highest BCUT2D eigenvalue weighted by molar-refractivity contribution is 5.73. The van der Waals surface area contributed by atoms with E-state index < -0.39 is 11.7 Å². The fourth-order valence-electron chi connectivity index (χ4n) is 3.12. The van der Waals surface area contributed by atoms with Crippen molar-refractivity contribution in [2.75, 3.05) is 0 Å². The summed E-state index contributed by atoms with van der Waals surface area (Å²) in [5, 5.41) is 0. The van der Waals surface area contributed by atoms with Gasteiger partial charge in [-0.25, -0.2) is 0 Å². The van der Waals surface area contributed by atoms with Crippen LogP contribution in [0.4, 0.5) is 13.2 Å². The lowest BCUT2D eigenvalue weighted by atomic mass is 9.98. The summed E-state index contributed by atoms with van der Waals surface area (Å²) in [6.07, 6.45) is -0.783. The van der Waals surface area contributed by atoms with Crippen molar-refractivity contribution in [3.05, 3.63) is 103 Å². The first-order chi connectivity index (χ1) is 13.5. The average Bonchev–Trinajstić information content (AvgIpc) is 2.74. The Morgan fingerprint density at radius 2 is 1.04 bits per heavy atom. The normalized spacial score (nSPS) is 11.4. The molecule has 0 aliphatic heterocycles. The van der Waals surface area contributed by atoms with Gasteiger partial charge in [0.25, 0.3) is 0 Å². The van der Waals surface area contributed by atoms with E-state index in [0.29, 0.717) is 5.56 Å². The van der Waals surface area contributed by atoms with Crippen LogP contribution in [0.5, 0.6) is 0 Å². The third-order valence-corrected chi connectivity index (χ3v) is 4.62. The second kappa shape index (κ2) is 7.31. The SMILES string of the molecule is FC(F)(F)c1cccc(-c2ccc(-c3ccc(-c4cccnc4)cc3)cc2)c1. The molecule has 4 heteroatoms. The molecule has 0 N–H and O–H groups in total. The van der Waals surface area contributed by atoms with Gasteiger partial charge in [-0.3, -0.25) is 4.98 Å². The maximum Gasteiger partial charge on any atom is 0.416 e. The molecule has 3 aromatic carbocycles. The number of hydrogen-bond acceptors (Lipinski definition) is 1. The Morgan fingerprint density at radius 1 is 0.536 bits per heavy atom. The first-order valence-corrected chi connectivity index (χ1v) is 8.79. The van der Waals surface area contributed by atoms with Gasteiger partial charge < -0.3 is 0 Å². The zero-order valence-electron chi connectivity index (χ0n) is 14.8. The van der Waals surface area contributed by atoms with Crippen LogP contribution in [-0.2, 0) is 6.18 Å². The monoisotopic (exact) mass is 375 g/mol. The van der Waals surface area contributed by atoms with Crippen LogP contribution < -0.4 is 0 Å². The van der Waals surface area contributed by atoms with Gasteiger partial charge in [-0.05, 0) is 51.6 Å². The van der Waals surface area contributed by atoms with E-state index in [1.165, 1.54) is 12.1 Å². The number of nitrogens with zero attached hydrogens (tertiary/aromatic N) is 1. The summed E-state index contributed by atoms with van der Waals surface area (Å²) >= 11 is 0. The average molecular weight is 375 g/mol. The largest absolute Gasteiger partial charge is 0.416 e. The third-order valence-electron chi connectivity index (χ3n) is 4.62. The Kier molecular flexibility index (Phi) is 4.70. The molecule has 0 saturated heterocycles. The van der Waals surface area contributed by atoms with E-state index in [4.69, 9.17) is 0 Å². The molecule has 4 rings (SSSR count). The molecule has 0 amide bonds. The molecule has 0 aliphatic carbocycles. The van der Waals surface area contributed by atoms with Crippen LogP contribution in [0.2, 0.25) is 0 Å². The third kappa shape index (κ3) is 3.81. The number of halogens is 3. The molecule has 1 heterocycles. The Hall–Kier alpha value is -3.40. The zero-order chi connectivity index (χ0) is 19.6. The van der Waals surface area contributed by atoms with Crippen LogP contribution >= 0.6 is 0 Å². The predicted octanol–water partition coefficient (Wildman–Crippen LogP) is 7.10. The lowest BCUT2D eigenvalue weighted by molar-refractivity contribution is -0.137. The topological polar surface area (TPSA) is 12.9 Å². The molecule has 0 bridgehead atoms. The van der Waals surface area contributed by atoms with Crippen molar-refractivity contribution in [2.45, 2.75) is 6.18 Å². The summed E-state index contributed by atoms with van der Waals surface area (Å²) in [4.78, 5) is 4.13. The van der Waals surface area contributed by atoms with Crippen LogP contribution in [0.1, 0.15) is 5.56 Å². The minimum atomic E-state index is -4.34. The van der Waals surface area contributed by atoms with Crippen molar-refractivity contribution in [1.82, 2.24) is 4.98 Å². The lowest BCUT2D eigenvalue weighted by Crippen LogP contribution is -2.04. The van der Waals surface area contributed by atoms with Gasteiger partial charge in [-0.2, -0.15) is 13.2 Å². The summed E-state index contributed by atoms with van der Waals surface area (Å²) in [6.45, 7) is 0. The Labute approximate surface area is 161 Å². The molecule has 0 atom stereocenters. The van der Waals surface area contributed by atoms with E-state index in [0.717, 1.165) is 33.9 Å². The maximum atomic E-state index is 12.9. The van der Waals surface area contributed by atoms with Crippen LogP contribution in [0.25, 0.3) is 33.4 Å². The second-order valence-electron chi connectivity index (χ2n) is 6.47. The molecule has 0 fully saturated rings. The summed E-state index contributed by atoms with van der Waals surface area (Å²) in [5.41, 5.74) is 4.85. The number of alkyl halides is 3. The fraction of sp³-hybridized carbons (Fsp3) is 0.0417. The van der Waals surface area contributed by atoms with Gasteiger partial charge in [0.2, 0.25) is 0 Å². The molecule has 1 nitrogen and oxygen atoms in total. The van der Waals surface area contributed by atoms with Crippen molar-refractivity contribution in [3.8, 4) is 33.4 Å². The van der Waals surface area contributed by atoms with Crippen molar-refractivity contribution >= 4 is 0 Å². The Balaban J connectivity index is 1.59. The van der Waals surface area contributed by atoms with Crippen LogP contribution in [0.15, 0.2) is 97.3 Å². The molecule has 4 aromatic rings. The zero-order valence-corrected chi connectivity index (χ0v) is 14.8. The van der Waals surface area contributed by atoms with Gasteiger partial charge in [-0.15, -0.1) is 0 Å². The van der Waals surface area contributed by atoms with Crippen molar-refractivity contribution < 1.29 is 13.2 Å². The van der Waals surface area contributed by atoms with Gasteiger partial charge in [0.15, 0.2) is 0 Å². The Bertz CT molecular complexity index is 1070. The molecule has 0 radical (unpaired) electrons. The number of benzene rings is 3. The minimum Gasteiger partial charge on any atom is -0.264 e. The minimum absolute atomic E-state index is 0.549. The van der Waals surface area contributed by atoms with E-state index in [1.54, 1.807) is 12.3 Å². The molecular formula is C24H16F3N. The number of rotatable bonds is 3. The fourth-order valence-corrected chi connectivity index (χ4v) is 3.12. The smallest absolute Gasteiger partial charge is 0.264 e.